The lowest BCUT2D eigenvalue weighted by Gasteiger charge is -2.27. The van der Waals surface area contributed by atoms with Crippen LogP contribution in [0, 0.1) is 5.82 Å². The molecular weight excluding hydrogens is 251 g/mol. The first kappa shape index (κ1) is 15.4. The molecule has 1 amide bonds. The average Bonchev–Trinajstić information content (AvgIpc) is 2.24. The van der Waals surface area contributed by atoms with Gasteiger partial charge in [-0.3, -0.25) is 4.79 Å². The molecule has 1 unspecified atom stereocenters. The van der Waals surface area contributed by atoms with E-state index in [1.54, 1.807) is 11.8 Å². The highest BCUT2D eigenvalue weighted by atomic mass is 19.1. The number of likely N-dealkylation sites (N-methyl/N-ethyl adjacent to an activating group) is 1. The summed E-state index contributed by atoms with van der Waals surface area (Å²) in [6.45, 7) is 2.00. The maximum atomic E-state index is 12.8. The highest BCUT2D eigenvalue weighted by Crippen LogP contribution is 2.17. The minimum atomic E-state index is -1.09. The van der Waals surface area contributed by atoms with E-state index in [0.717, 1.165) is 12.1 Å². The number of halogens is 1. The van der Waals surface area contributed by atoms with Crippen molar-refractivity contribution in [1.29, 1.82) is 0 Å². The van der Waals surface area contributed by atoms with Crippen LogP contribution in [0.4, 0.5) is 4.39 Å². The molecule has 0 radical (unpaired) electrons. The number of nitrogens with one attached hydrogen (secondary N) is 1. The molecule has 0 fully saturated rings. The minimum absolute atomic E-state index is 0.0259. The Kier molecular flexibility index (Phi) is 4.85. The molecule has 0 aliphatic rings. The Morgan fingerprint density at radius 1 is 1.47 bits per heavy atom. The Bertz CT molecular complexity index is 461. The lowest BCUT2D eigenvalue weighted by molar-refractivity contribution is 0.0325. The van der Waals surface area contributed by atoms with Gasteiger partial charge in [0.2, 0.25) is 0 Å². The van der Waals surface area contributed by atoms with Crippen LogP contribution in [0.2, 0.25) is 0 Å². The first-order valence-electron chi connectivity index (χ1n) is 5.85. The molecule has 1 atom stereocenters. The molecule has 1 aromatic rings. The van der Waals surface area contributed by atoms with Crippen molar-refractivity contribution < 1.29 is 19.4 Å². The molecule has 0 saturated carbocycles. The number of amides is 1. The summed E-state index contributed by atoms with van der Waals surface area (Å²) in [6, 6.07) is 3.15. The fraction of sp³-hybridized carbons (Fsp3) is 0.462. The molecule has 0 aliphatic carbocycles. The van der Waals surface area contributed by atoms with E-state index in [2.05, 4.69) is 5.32 Å². The third-order valence-electron chi connectivity index (χ3n) is 2.49. The van der Waals surface area contributed by atoms with Gasteiger partial charge in [-0.15, -0.1) is 0 Å². The van der Waals surface area contributed by atoms with E-state index in [9.17, 15) is 19.4 Å². The fourth-order valence-corrected chi connectivity index (χ4v) is 1.80. The first-order valence-corrected chi connectivity index (χ1v) is 5.85. The van der Waals surface area contributed by atoms with Crippen LogP contribution in [-0.2, 0) is 0 Å². The van der Waals surface area contributed by atoms with E-state index in [0.29, 0.717) is 6.54 Å². The topological polar surface area (TPSA) is 72.8 Å². The molecule has 0 aliphatic heterocycles. The Morgan fingerprint density at radius 3 is 2.63 bits per heavy atom. The Balaban J connectivity index is 2.65. The summed E-state index contributed by atoms with van der Waals surface area (Å²) in [4.78, 5) is 13.6. The first-order chi connectivity index (χ1) is 8.71. The number of benzene rings is 1. The van der Waals surface area contributed by atoms with Gasteiger partial charge in [-0.2, -0.15) is 0 Å². The third kappa shape index (κ3) is 4.84. The number of hydrogen-bond acceptors (Lipinski definition) is 4. The summed E-state index contributed by atoms with van der Waals surface area (Å²) in [5.74, 6) is -1.60. The molecule has 3 N–H and O–H groups in total. The van der Waals surface area contributed by atoms with Crippen LogP contribution >= 0.6 is 0 Å². The van der Waals surface area contributed by atoms with E-state index in [4.69, 9.17) is 0 Å². The summed E-state index contributed by atoms with van der Waals surface area (Å²) in [5, 5.41) is 22.0. The van der Waals surface area contributed by atoms with E-state index < -0.39 is 23.1 Å². The van der Waals surface area contributed by atoms with Crippen molar-refractivity contribution in [2.24, 2.45) is 0 Å². The third-order valence-corrected chi connectivity index (χ3v) is 2.49. The van der Waals surface area contributed by atoms with Gasteiger partial charge in [-0.25, -0.2) is 4.39 Å². The second-order valence-electron chi connectivity index (χ2n) is 5.08. The zero-order valence-corrected chi connectivity index (χ0v) is 11.3. The van der Waals surface area contributed by atoms with Gasteiger partial charge in [0.25, 0.3) is 5.91 Å². The van der Waals surface area contributed by atoms with Crippen LogP contribution in [0.15, 0.2) is 18.2 Å². The van der Waals surface area contributed by atoms with E-state index in [-0.39, 0.29) is 12.1 Å². The standard InChI is InChI=1S/C13H19FN2O3/c1-13(19,8-16(2)3)7-15-12(18)10-5-4-9(14)6-11(10)17/h4-6,17,19H,7-8H2,1-3H3,(H,15,18). The normalized spacial score (nSPS) is 14.2. The van der Waals surface area contributed by atoms with Crippen LogP contribution in [0.5, 0.6) is 5.75 Å². The molecule has 0 saturated heterocycles. The highest BCUT2D eigenvalue weighted by Gasteiger charge is 2.23. The van der Waals surface area contributed by atoms with Gasteiger partial charge in [0.05, 0.1) is 11.2 Å². The number of nitrogens with zero attached hydrogens (tertiary/aromatic N) is 1. The van der Waals surface area contributed by atoms with Crippen LogP contribution in [0.3, 0.4) is 0 Å². The van der Waals surface area contributed by atoms with Crippen molar-refractivity contribution in [3.8, 4) is 5.75 Å². The summed E-state index contributed by atoms with van der Waals surface area (Å²) in [5.41, 5.74) is -1.11. The zero-order chi connectivity index (χ0) is 14.6. The predicted molar refractivity (Wildman–Crippen MR) is 69.6 cm³/mol. The zero-order valence-electron chi connectivity index (χ0n) is 11.3. The molecule has 0 heterocycles. The summed E-state index contributed by atoms with van der Waals surface area (Å²) < 4.78 is 12.8. The molecule has 1 aromatic carbocycles. The monoisotopic (exact) mass is 270 g/mol. The smallest absolute Gasteiger partial charge is 0.255 e. The van der Waals surface area contributed by atoms with Crippen LogP contribution in [-0.4, -0.2) is 53.8 Å². The lowest BCUT2D eigenvalue weighted by Crippen LogP contribution is -2.47. The summed E-state index contributed by atoms with van der Waals surface area (Å²) in [7, 11) is 3.62. The Hall–Kier alpha value is -1.66. The number of hydrogen-bond donors (Lipinski definition) is 3. The second kappa shape index (κ2) is 5.99. The molecule has 19 heavy (non-hydrogen) atoms. The lowest BCUT2D eigenvalue weighted by atomic mass is 10.1. The summed E-state index contributed by atoms with van der Waals surface area (Å²) >= 11 is 0. The number of carbonyl (C=O) groups is 1. The number of carbonyl (C=O) groups excluding carboxylic acids is 1. The molecule has 5 nitrogen and oxygen atoms in total. The van der Waals surface area contributed by atoms with Crippen molar-refractivity contribution in [1.82, 2.24) is 10.2 Å². The number of aromatic hydroxyl groups is 1. The second-order valence-corrected chi connectivity index (χ2v) is 5.08. The molecule has 106 valence electrons. The quantitative estimate of drug-likeness (QED) is 0.731. The van der Waals surface area contributed by atoms with E-state index in [1.165, 1.54) is 6.07 Å². The van der Waals surface area contributed by atoms with E-state index >= 15 is 0 Å². The van der Waals surface area contributed by atoms with E-state index in [1.807, 2.05) is 14.1 Å². The van der Waals surface area contributed by atoms with Crippen molar-refractivity contribution in [3.05, 3.63) is 29.6 Å². The van der Waals surface area contributed by atoms with Crippen molar-refractivity contribution in [2.75, 3.05) is 27.2 Å². The van der Waals surface area contributed by atoms with Crippen molar-refractivity contribution in [3.63, 3.8) is 0 Å². The van der Waals surface area contributed by atoms with Crippen molar-refractivity contribution in [2.45, 2.75) is 12.5 Å². The van der Waals surface area contributed by atoms with Crippen molar-refractivity contribution >= 4 is 5.91 Å². The molecular formula is C13H19FN2O3. The molecule has 0 bridgehead atoms. The largest absolute Gasteiger partial charge is 0.507 e. The van der Waals surface area contributed by atoms with Gasteiger partial charge in [0, 0.05) is 19.2 Å². The number of rotatable bonds is 5. The number of aliphatic hydroxyl groups is 1. The Labute approximate surface area is 111 Å². The average molecular weight is 270 g/mol. The van der Waals surface area contributed by atoms with Gasteiger partial charge in [-0.05, 0) is 33.2 Å². The van der Waals surface area contributed by atoms with Gasteiger partial charge in [-0.1, -0.05) is 0 Å². The molecule has 6 heteroatoms. The summed E-state index contributed by atoms with van der Waals surface area (Å²) in [6.07, 6.45) is 0. The molecule has 0 aromatic heterocycles. The van der Waals surface area contributed by atoms with Crippen LogP contribution < -0.4 is 5.32 Å². The highest BCUT2D eigenvalue weighted by molar-refractivity contribution is 5.96. The Morgan fingerprint density at radius 2 is 2.11 bits per heavy atom. The van der Waals surface area contributed by atoms with Gasteiger partial charge in [0.1, 0.15) is 11.6 Å². The fourth-order valence-electron chi connectivity index (χ4n) is 1.80. The molecule has 1 rings (SSSR count). The molecule has 0 spiro atoms. The van der Waals surface area contributed by atoms with Gasteiger partial charge < -0.3 is 20.4 Å². The SMILES string of the molecule is CN(C)CC(C)(O)CNC(=O)c1ccc(F)cc1O. The van der Waals surface area contributed by atoms with Crippen LogP contribution in [0.25, 0.3) is 0 Å². The predicted octanol–water partition coefficient (Wildman–Crippen LogP) is 0.574. The minimum Gasteiger partial charge on any atom is -0.507 e. The van der Waals surface area contributed by atoms with Crippen LogP contribution in [0.1, 0.15) is 17.3 Å². The maximum absolute atomic E-state index is 12.8. The maximum Gasteiger partial charge on any atom is 0.255 e. The van der Waals surface area contributed by atoms with Gasteiger partial charge in [0.15, 0.2) is 0 Å². The number of phenolic OH excluding ortho intramolecular Hbond substituents is 1. The van der Waals surface area contributed by atoms with Gasteiger partial charge >= 0.3 is 0 Å². The number of phenols is 1.